The third kappa shape index (κ3) is 2.71. The molecule has 0 saturated carbocycles. The van der Waals surface area contributed by atoms with Crippen molar-refractivity contribution < 1.29 is 13.9 Å². The Morgan fingerprint density at radius 1 is 1.59 bits per heavy atom. The Hall–Kier alpha value is -1.69. The number of furan rings is 1. The van der Waals surface area contributed by atoms with E-state index >= 15 is 0 Å². The number of esters is 1. The number of carbonyl (C=O) groups excluding carboxylic acids is 1. The molecule has 0 aliphatic carbocycles. The standard InChI is InChI=1S/C11H12N2O3S/c1-7(17-11-12-5-6-13-11)8-3-4-9(16-8)10(14)15-2/h3-7H,1-2H3,(H,12,13). The second-order valence-electron chi connectivity index (χ2n) is 3.35. The highest BCUT2D eigenvalue weighted by atomic mass is 32.2. The van der Waals surface area contributed by atoms with Crippen LogP contribution in [0.4, 0.5) is 0 Å². The molecule has 90 valence electrons. The molecule has 2 heterocycles. The zero-order chi connectivity index (χ0) is 12.3. The number of hydrogen-bond acceptors (Lipinski definition) is 5. The number of imidazole rings is 1. The molecule has 0 saturated heterocycles. The number of nitrogens with zero attached hydrogens (tertiary/aromatic N) is 1. The van der Waals surface area contributed by atoms with E-state index in [0.717, 1.165) is 5.16 Å². The van der Waals surface area contributed by atoms with Gasteiger partial charge in [-0.3, -0.25) is 0 Å². The van der Waals surface area contributed by atoms with Gasteiger partial charge in [0.15, 0.2) is 5.16 Å². The molecule has 1 atom stereocenters. The minimum atomic E-state index is -0.466. The molecule has 0 spiro atoms. The Bertz CT molecular complexity index is 493. The number of ether oxygens (including phenoxy) is 1. The monoisotopic (exact) mass is 252 g/mol. The van der Waals surface area contributed by atoms with Gasteiger partial charge in [0.05, 0.1) is 12.4 Å². The molecular weight excluding hydrogens is 240 g/mol. The summed E-state index contributed by atoms with van der Waals surface area (Å²) in [6.07, 6.45) is 3.45. The molecule has 6 heteroatoms. The van der Waals surface area contributed by atoms with Crippen LogP contribution in [0.5, 0.6) is 0 Å². The fourth-order valence-electron chi connectivity index (χ4n) is 1.32. The maximum atomic E-state index is 11.2. The molecule has 17 heavy (non-hydrogen) atoms. The van der Waals surface area contributed by atoms with E-state index in [-0.39, 0.29) is 11.0 Å². The van der Waals surface area contributed by atoms with Gasteiger partial charge in [-0.25, -0.2) is 9.78 Å². The zero-order valence-corrected chi connectivity index (χ0v) is 10.3. The molecule has 0 aliphatic heterocycles. The van der Waals surface area contributed by atoms with Crippen molar-refractivity contribution in [3.63, 3.8) is 0 Å². The van der Waals surface area contributed by atoms with Crippen LogP contribution in [-0.2, 0) is 4.74 Å². The van der Waals surface area contributed by atoms with Crippen LogP contribution in [-0.4, -0.2) is 23.0 Å². The van der Waals surface area contributed by atoms with Gasteiger partial charge in [0, 0.05) is 12.4 Å². The van der Waals surface area contributed by atoms with Crippen LogP contribution in [0, 0.1) is 0 Å². The van der Waals surface area contributed by atoms with Crippen LogP contribution in [0.15, 0.2) is 34.1 Å². The van der Waals surface area contributed by atoms with Crippen LogP contribution in [0.3, 0.4) is 0 Å². The molecule has 0 fully saturated rings. The summed E-state index contributed by atoms with van der Waals surface area (Å²) in [5.74, 6) is 0.465. The zero-order valence-electron chi connectivity index (χ0n) is 9.47. The summed E-state index contributed by atoms with van der Waals surface area (Å²) in [6.45, 7) is 1.98. The number of nitrogens with one attached hydrogen (secondary N) is 1. The van der Waals surface area contributed by atoms with Crippen LogP contribution in [0.25, 0.3) is 0 Å². The molecule has 5 nitrogen and oxygen atoms in total. The largest absolute Gasteiger partial charge is 0.463 e. The molecule has 0 aromatic carbocycles. The second kappa shape index (κ2) is 5.09. The second-order valence-corrected chi connectivity index (χ2v) is 4.68. The number of methoxy groups -OCH3 is 1. The summed E-state index contributed by atoms with van der Waals surface area (Å²) in [4.78, 5) is 18.3. The summed E-state index contributed by atoms with van der Waals surface area (Å²) in [5.41, 5.74) is 0. The third-order valence-corrected chi connectivity index (χ3v) is 3.21. The van der Waals surface area contributed by atoms with E-state index in [2.05, 4.69) is 14.7 Å². The number of carbonyl (C=O) groups is 1. The molecule has 0 radical (unpaired) electrons. The average molecular weight is 252 g/mol. The van der Waals surface area contributed by atoms with Gasteiger partial charge in [-0.1, -0.05) is 11.8 Å². The van der Waals surface area contributed by atoms with E-state index in [9.17, 15) is 4.79 Å². The van der Waals surface area contributed by atoms with E-state index in [0.29, 0.717) is 5.76 Å². The maximum absolute atomic E-state index is 11.2. The predicted octanol–water partition coefficient (Wildman–Crippen LogP) is 2.64. The van der Waals surface area contributed by atoms with Crippen molar-refractivity contribution in [2.24, 2.45) is 0 Å². The highest BCUT2D eigenvalue weighted by Crippen LogP contribution is 2.33. The van der Waals surface area contributed by atoms with Crippen LogP contribution < -0.4 is 0 Å². The summed E-state index contributed by atoms with van der Waals surface area (Å²) < 4.78 is 9.99. The number of rotatable bonds is 4. The van der Waals surface area contributed by atoms with Gasteiger partial charge in [0.25, 0.3) is 0 Å². The Labute approximate surface area is 103 Å². The lowest BCUT2D eigenvalue weighted by atomic mass is 10.3. The van der Waals surface area contributed by atoms with E-state index < -0.39 is 5.97 Å². The molecule has 2 aromatic rings. The molecule has 1 unspecified atom stereocenters. The lowest BCUT2D eigenvalue weighted by Crippen LogP contribution is -1.98. The molecule has 1 N–H and O–H groups in total. The first-order valence-electron chi connectivity index (χ1n) is 5.05. The number of thioether (sulfide) groups is 1. The van der Waals surface area contributed by atoms with Crippen molar-refractivity contribution in [3.05, 3.63) is 36.0 Å². The first-order chi connectivity index (χ1) is 8.20. The molecular formula is C11H12N2O3S. The van der Waals surface area contributed by atoms with Crippen molar-refractivity contribution in [3.8, 4) is 0 Å². The Morgan fingerprint density at radius 2 is 2.41 bits per heavy atom. The summed E-state index contributed by atoms with van der Waals surface area (Å²) >= 11 is 1.52. The van der Waals surface area contributed by atoms with E-state index in [1.807, 2.05) is 6.92 Å². The van der Waals surface area contributed by atoms with E-state index in [1.165, 1.54) is 18.9 Å². The van der Waals surface area contributed by atoms with Crippen LogP contribution in [0.1, 0.15) is 28.5 Å². The Morgan fingerprint density at radius 3 is 3.06 bits per heavy atom. The quantitative estimate of drug-likeness (QED) is 0.669. The Balaban J connectivity index is 2.07. The minimum Gasteiger partial charge on any atom is -0.463 e. The van der Waals surface area contributed by atoms with Gasteiger partial charge in [-0.2, -0.15) is 0 Å². The highest BCUT2D eigenvalue weighted by molar-refractivity contribution is 7.99. The lowest BCUT2D eigenvalue weighted by molar-refractivity contribution is 0.0563. The van der Waals surface area contributed by atoms with Gasteiger partial charge >= 0.3 is 5.97 Å². The van der Waals surface area contributed by atoms with Gasteiger partial charge in [0.1, 0.15) is 5.76 Å². The van der Waals surface area contributed by atoms with Gasteiger partial charge in [0.2, 0.25) is 5.76 Å². The highest BCUT2D eigenvalue weighted by Gasteiger charge is 2.16. The number of aromatic amines is 1. The van der Waals surface area contributed by atoms with Crippen molar-refractivity contribution in [1.82, 2.24) is 9.97 Å². The topological polar surface area (TPSA) is 68.1 Å². The van der Waals surface area contributed by atoms with Crippen molar-refractivity contribution in [2.75, 3.05) is 7.11 Å². The summed E-state index contributed by atoms with van der Waals surface area (Å²) in [5, 5.41) is 0.882. The van der Waals surface area contributed by atoms with Gasteiger partial charge in [-0.05, 0) is 19.1 Å². The molecule has 2 rings (SSSR count). The number of hydrogen-bond donors (Lipinski definition) is 1. The number of H-pyrrole nitrogens is 1. The molecule has 0 aliphatic rings. The average Bonchev–Trinajstić information content (AvgIpc) is 2.98. The SMILES string of the molecule is COC(=O)c1ccc(C(C)Sc2ncc[nH]2)o1. The van der Waals surface area contributed by atoms with Gasteiger partial charge in [-0.15, -0.1) is 0 Å². The minimum absolute atomic E-state index is 0.0690. The first-order valence-corrected chi connectivity index (χ1v) is 5.92. The molecule has 2 aromatic heterocycles. The van der Waals surface area contributed by atoms with Crippen molar-refractivity contribution >= 4 is 17.7 Å². The molecule has 0 bridgehead atoms. The normalized spacial score (nSPS) is 12.4. The smallest absolute Gasteiger partial charge is 0.373 e. The first kappa shape index (κ1) is 11.8. The van der Waals surface area contributed by atoms with E-state index in [4.69, 9.17) is 4.42 Å². The third-order valence-electron chi connectivity index (χ3n) is 2.18. The summed E-state index contributed by atoms with van der Waals surface area (Å²) in [6, 6.07) is 3.38. The maximum Gasteiger partial charge on any atom is 0.373 e. The van der Waals surface area contributed by atoms with Crippen molar-refractivity contribution in [1.29, 1.82) is 0 Å². The van der Waals surface area contributed by atoms with Crippen LogP contribution >= 0.6 is 11.8 Å². The lowest BCUT2D eigenvalue weighted by Gasteiger charge is -2.05. The summed E-state index contributed by atoms with van der Waals surface area (Å²) in [7, 11) is 1.32. The number of aromatic nitrogens is 2. The van der Waals surface area contributed by atoms with Crippen LogP contribution in [0.2, 0.25) is 0 Å². The predicted molar refractivity (Wildman–Crippen MR) is 62.9 cm³/mol. The molecule has 0 amide bonds. The van der Waals surface area contributed by atoms with Gasteiger partial charge < -0.3 is 14.1 Å². The van der Waals surface area contributed by atoms with E-state index in [1.54, 1.807) is 24.5 Å². The van der Waals surface area contributed by atoms with Crippen molar-refractivity contribution in [2.45, 2.75) is 17.3 Å². The fourth-order valence-corrected chi connectivity index (χ4v) is 2.16. The Kier molecular flexibility index (Phi) is 3.53. The fraction of sp³-hybridized carbons (Fsp3) is 0.273.